The van der Waals surface area contributed by atoms with Crippen molar-refractivity contribution in [3.8, 4) is 0 Å². The number of carbonyl (C=O) groups excluding carboxylic acids is 1. The number of rotatable bonds is 5. The summed E-state index contributed by atoms with van der Waals surface area (Å²) in [6.07, 6.45) is -0.525. The van der Waals surface area contributed by atoms with Gasteiger partial charge in [-0.15, -0.1) is 0 Å². The fourth-order valence-electron chi connectivity index (χ4n) is 2.39. The molecule has 2 N–H and O–H groups in total. The lowest BCUT2D eigenvalue weighted by Gasteiger charge is -2.19. The summed E-state index contributed by atoms with van der Waals surface area (Å²) < 4.78 is 0. The SMILES string of the molecule is C=C(C[C@H](O)c1ccccc1)C(=O)Nc1ccc(C(C)(C)C)cc1. The Kier molecular flexibility index (Phi) is 5.58. The van der Waals surface area contributed by atoms with Crippen LogP contribution < -0.4 is 5.32 Å². The van der Waals surface area contributed by atoms with E-state index < -0.39 is 6.10 Å². The van der Waals surface area contributed by atoms with E-state index >= 15 is 0 Å². The third-order valence-electron chi connectivity index (χ3n) is 3.95. The second-order valence-corrected chi connectivity index (χ2v) is 7.02. The molecule has 0 spiro atoms. The van der Waals surface area contributed by atoms with Crippen molar-refractivity contribution in [2.45, 2.75) is 38.7 Å². The molecule has 0 aliphatic rings. The van der Waals surface area contributed by atoms with Gasteiger partial charge < -0.3 is 10.4 Å². The topological polar surface area (TPSA) is 49.3 Å². The summed E-state index contributed by atoms with van der Waals surface area (Å²) in [6.45, 7) is 10.2. The molecule has 0 fully saturated rings. The molecule has 24 heavy (non-hydrogen) atoms. The van der Waals surface area contributed by atoms with E-state index in [-0.39, 0.29) is 17.7 Å². The van der Waals surface area contributed by atoms with Crippen molar-refractivity contribution in [3.63, 3.8) is 0 Å². The third kappa shape index (κ3) is 4.80. The fraction of sp³-hybridized carbons (Fsp3) is 0.286. The molecule has 0 saturated heterocycles. The molecule has 1 amide bonds. The van der Waals surface area contributed by atoms with Crippen LogP contribution in [0, 0.1) is 0 Å². The number of amides is 1. The Morgan fingerprint density at radius 1 is 1.08 bits per heavy atom. The number of benzene rings is 2. The van der Waals surface area contributed by atoms with Crippen LogP contribution in [0.25, 0.3) is 0 Å². The molecule has 0 radical (unpaired) electrons. The minimum atomic E-state index is -0.729. The van der Waals surface area contributed by atoms with Crippen molar-refractivity contribution in [2.75, 3.05) is 5.32 Å². The summed E-state index contributed by atoms with van der Waals surface area (Å²) in [5, 5.41) is 13.0. The predicted molar refractivity (Wildman–Crippen MR) is 98.9 cm³/mol. The highest BCUT2D eigenvalue weighted by Gasteiger charge is 2.16. The standard InChI is InChI=1S/C21H25NO2/c1-15(14-19(23)16-8-6-5-7-9-16)20(24)22-18-12-10-17(11-13-18)21(2,3)4/h5-13,19,23H,1,14H2,2-4H3,(H,22,24)/t19-/m0/s1. The number of hydrogen-bond acceptors (Lipinski definition) is 2. The van der Waals surface area contributed by atoms with E-state index in [1.807, 2.05) is 54.6 Å². The summed E-state index contributed by atoms with van der Waals surface area (Å²) in [7, 11) is 0. The number of aliphatic hydroxyl groups excluding tert-OH is 1. The molecule has 0 aliphatic heterocycles. The van der Waals surface area contributed by atoms with Gasteiger partial charge in [0.2, 0.25) is 0 Å². The second-order valence-electron chi connectivity index (χ2n) is 7.02. The maximum atomic E-state index is 12.2. The van der Waals surface area contributed by atoms with Gasteiger partial charge in [-0.2, -0.15) is 0 Å². The van der Waals surface area contributed by atoms with Gasteiger partial charge in [-0.05, 0) is 28.7 Å². The molecule has 126 valence electrons. The molecule has 3 nitrogen and oxygen atoms in total. The monoisotopic (exact) mass is 323 g/mol. The first-order chi connectivity index (χ1) is 11.3. The Morgan fingerprint density at radius 2 is 1.67 bits per heavy atom. The highest BCUT2D eigenvalue weighted by molar-refractivity contribution is 6.03. The molecule has 1 atom stereocenters. The highest BCUT2D eigenvalue weighted by atomic mass is 16.3. The zero-order chi connectivity index (χ0) is 17.7. The van der Waals surface area contributed by atoms with Gasteiger partial charge in [-0.1, -0.05) is 69.8 Å². The Balaban J connectivity index is 1.95. The van der Waals surface area contributed by atoms with Crippen LogP contribution in [0.2, 0.25) is 0 Å². The third-order valence-corrected chi connectivity index (χ3v) is 3.95. The fourth-order valence-corrected chi connectivity index (χ4v) is 2.39. The summed E-state index contributed by atoms with van der Waals surface area (Å²) >= 11 is 0. The van der Waals surface area contributed by atoms with Crippen LogP contribution in [0.15, 0.2) is 66.7 Å². The van der Waals surface area contributed by atoms with Crippen LogP contribution in [0.1, 0.15) is 44.4 Å². The summed E-state index contributed by atoms with van der Waals surface area (Å²) in [5.74, 6) is -0.270. The average molecular weight is 323 g/mol. The van der Waals surface area contributed by atoms with Crippen molar-refractivity contribution in [1.29, 1.82) is 0 Å². The molecule has 2 aromatic rings. The van der Waals surface area contributed by atoms with E-state index in [2.05, 4.69) is 32.7 Å². The van der Waals surface area contributed by atoms with Crippen molar-refractivity contribution in [2.24, 2.45) is 0 Å². The quantitative estimate of drug-likeness (QED) is 0.790. The normalized spacial score (nSPS) is 12.5. The van der Waals surface area contributed by atoms with Crippen molar-refractivity contribution < 1.29 is 9.90 Å². The number of aliphatic hydroxyl groups is 1. The first kappa shape index (κ1) is 18.0. The van der Waals surface area contributed by atoms with Crippen LogP contribution in [0.4, 0.5) is 5.69 Å². The van der Waals surface area contributed by atoms with E-state index in [0.29, 0.717) is 5.57 Å². The lowest BCUT2D eigenvalue weighted by atomic mass is 9.87. The Hall–Kier alpha value is -2.39. The summed E-state index contributed by atoms with van der Waals surface area (Å²) in [6, 6.07) is 17.1. The summed E-state index contributed by atoms with van der Waals surface area (Å²) in [5.41, 5.74) is 3.14. The zero-order valence-electron chi connectivity index (χ0n) is 14.5. The van der Waals surface area contributed by atoms with Crippen LogP contribution in [-0.2, 0) is 10.2 Å². The summed E-state index contributed by atoms with van der Waals surface area (Å²) in [4.78, 5) is 12.2. The molecule has 0 unspecified atom stereocenters. The molecule has 0 saturated carbocycles. The van der Waals surface area contributed by atoms with Gasteiger partial charge in [-0.3, -0.25) is 4.79 Å². The molecular formula is C21H25NO2. The van der Waals surface area contributed by atoms with Gasteiger partial charge in [0.1, 0.15) is 0 Å². The number of carbonyl (C=O) groups is 1. The van der Waals surface area contributed by atoms with Crippen LogP contribution >= 0.6 is 0 Å². The first-order valence-electron chi connectivity index (χ1n) is 8.10. The minimum absolute atomic E-state index is 0.0753. The van der Waals surface area contributed by atoms with Gasteiger partial charge in [0, 0.05) is 17.7 Å². The van der Waals surface area contributed by atoms with Gasteiger partial charge in [0.05, 0.1) is 6.10 Å². The van der Waals surface area contributed by atoms with Gasteiger partial charge in [0.15, 0.2) is 0 Å². The Labute approximate surface area is 144 Å². The molecule has 0 bridgehead atoms. The lowest BCUT2D eigenvalue weighted by Crippen LogP contribution is -2.16. The maximum absolute atomic E-state index is 12.2. The van der Waals surface area contributed by atoms with E-state index in [1.54, 1.807) is 0 Å². The smallest absolute Gasteiger partial charge is 0.251 e. The molecule has 2 rings (SSSR count). The number of hydrogen-bond donors (Lipinski definition) is 2. The van der Waals surface area contributed by atoms with E-state index in [1.165, 1.54) is 5.56 Å². The molecule has 0 aliphatic carbocycles. The van der Waals surface area contributed by atoms with Crippen molar-refractivity contribution >= 4 is 11.6 Å². The second kappa shape index (κ2) is 7.45. The Morgan fingerprint density at radius 3 is 2.21 bits per heavy atom. The van der Waals surface area contributed by atoms with Crippen LogP contribution in [0.5, 0.6) is 0 Å². The van der Waals surface area contributed by atoms with E-state index in [0.717, 1.165) is 11.3 Å². The van der Waals surface area contributed by atoms with Gasteiger partial charge in [0.25, 0.3) is 5.91 Å². The van der Waals surface area contributed by atoms with Crippen molar-refractivity contribution in [3.05, 3.63) is 77.9 Å². The average Bonchev–Trinajstić information content (AvgIpc) is 2.55. The molecule has 2 aromatic carbocycles. The van der Waals surface area contributed by atoms with Crippen LogP contribution in [-0.4, -0.2) is 11.0 Å². The van der Waals surface area contributed by atoms with E-state index in [4.69, 9.17) is 0 Å². The zero-order valence-corrected chi connectivity index (χ0v) is 14.5. The molecule has 0 aromatic heterocycles. The Bertz CT molecular complexity index is 697. The first-order valence-corrected chi connectivity index (χ1v) is 8.10. The lowest BCUT2D eigenvalue weighted by molar-refractivity contribution is -0.113. The van der Waals surface area contributed by atoms with Gasteiger partial charge in [-0.25, -0.2) is 0 Å². The molecular weight excluding hydrogens is 298 g/mol. The largest absolute Gasteiger partial charge is 0.388 e. The maximum Gasteiger partial charge on any atom is 0.251 e. The van der Waals surface area contributed by atoms with Gasteiger partial charge >= 0.3 is 0 Å². The van der Waals surface area contributed by atoms with Crippen molar-refractivity contribution in [1.82, 2.24) is 0 Å². The molecule has 3 heteroatoms. The predicted octanol–water partition coefficient (Wildman–Crippen LogP) is 4.60. The number of nitrogens with one attached hydrogen (secondary N) is 1. The highest BCUT2D eigenvalue weighted by Crippen LogP contribution is 2.24. The van der Waals surface area contributed by atoms with E-state index in [9.17, 15) is 9.90 Å². The van der Waals surface area contributed by atoms with Crippen LogP contribution in [0.3, 0.4) is 0 Å². The minimum Gasteiger partial charge on any atom is -0.388 e. The molecule has 0 heterocycles. The number of anilines is 1.